The molecule has 0 radical (unpaired) electrons. The third kappa shape index (κ3) is 3.60. The topological polar surface area (TPSA) is 71.2 Å². The SMILES string of the molecule is C[C@@H]1CN(C(=O)C(C)(O)C(F)(F)F)CC[C@@H]1c1ccnn1-c1ccc(F)cn1. The van der Waals surface area contributed by atoms with E-state index in [9.17, 15) is 27.5 Å². The van der Waals surface area contributed by atoms with Gasteiger partial charge in [-0.25, -0.2) is 14.1 Å². The number of hydrogen-bond donors (Lipinski definition) is 1. The highest BCUT2D eigenvalue weighted by molar-refractivity contribution is 5.85. The predicted molar refractivity (Wildman–Crippen MR) is 91.1 cm³/mol. The number of alkyl halides is 3. The van der Waals surface area contributed by atoms with Crippen LogP contribution in [0, 0.1) is 11.7 Å². The maximum absolute atomic E-state index is 13.1. The number of pyridine rings is 1. The molecule has 0 saturated carbocycles. The number of nitrogens with zero attached hydrogens (tertiary/aromatic N) is 4. The summed E-state index contributed by atoms with van der Waals surface area (Å²) in [6.45, 7) is 2.43. The minimum Gasteiger partial charge on any atom is -0.373 e. The highest BCUT2D eigenvalue weighted by Gasteiger charge is 2.57. The number of amides is 1. The number of hydrogen-bond acceptors (Lipinski definition) is 4. The first-order chi connectivity index (χ1) is 13.0. The number of carbonyl (C=O) groups excluding carboxylic acids is 1. The van der Waals surface area contributed by atoms with Crippen LogP contribution in [-0.4, -0.2) is 55.5 Å². The van der Waals surface area contributed by atoms with Crippen LogP contribution in [0.3, 0.4) is 0 Å². The number of carbonyl (C=O) groups is 1. The summed E-state index contributed by atoms with van der Waals surface area (Å²) in [7, 11) is 0. The zero-order chi connectivity index (χ0) is 20.7. The number of halogens is 4. The first-order valence-corrected chi connectivity index (χ1v) is 8.76. The van der Waals surface area contributed by atoms with Crippen molar-refractivity contribution in [2.75, 3.05) is 13.1 Å². The Balaban J connectivity index is 1.78. The molecule has 28 heavy (non-hydrogen) atoms. The van der Waals surface area contributed by atoms with E-state index in [1.165, 1.54) is 12.1 Å². The van der Waals surface area contributed by atoms with Gasteiger partial charge in [0.15, 0.2) is 5.82 Å². The molecule has 3 atom stereocenters. The molecule has 1 saturated heterocycles. The molecule has 0 spiro atoms. The molecule has 0 bridgehead atoms. The van der Waals surface area contributed by atoms with Gasteiger partial charge in [-0.3, -0.25) is 4.79 Å². The van der Waals surface area contributed by atoms with Crippen LogP contribution in [0.5, 0.6) is 0 Å². The average Bonchev–Trinajstić information content (AvgIpc) is 3.10. The summed E-state index contributed by atoms with van der Waals surface area (Å²) >= 11 is 0. The Bertz CT molecular complexity index is 848. The molecule has 0 aromatic carbocycles. The second-order valence-corrected chi connectivity index (χ2v) is 7.20. The molecule has 10 heteroatoms. The summed E-state index contributed by atoms with van der Waals surface area (Å²) in [6.07, 6.45) is -2.01. The van der Waals surface area contributed by atoms with Gasteiger partial charge in [-0.15, -0.1) is 0 Å². The zero-order valence-electron chi connectivity index (χ0n) is 15.3. The molecule has 3 rings (SSSR count). The molecule has 2 aromatic rings. The lowest BCUT2D eigenvalue weighted by Crippen LogP contribution is -2.58. The maximum atomic E-state index is 13.1. The standard InChI is InChI=1S/C18H20F4N4O2/c1-11-10-25(16(27)17(2,28)18(20,21)22)8-6-13(11)14-5-7-24-26(14)15-4-3-12(19)9-23-15/h3-5,7,9,11,13,28H,6,8,10H2,1-2H3/t11-,13+,17?/m1/s1. The van der Waals surface area contributed by atoms with Crippen LogP contribution in [0.2, 0.25) is 0 Å². The fourth-order valence-electron chi connectivity index (χ4n) is 3.48. The Hall–Kier alpha value is -2.49. The van der Waals surface area contributed by atoms with Gasteiger partial charge in [0.2, 0.25) is 5.60 Å². The van der Waals surface area contributed by atoms with E-state index in [4.69, 9.17) is 0 Å². The van der Waals surface area contributed by atoms with Gasteiger partial charge in [-0.2, -0.15) is 18.3 Å². The Morgan fingerprint density at radius 2 is 2.00 bits per heavy atom. The molecule has 2 aromatic heterocycles. The molecule has 0 aliphatic carbocycles. The average molecular weight is 400 g/mol. The quantitative estimate of drug-likeness (QED) is 0.805. The van der Waals surface area contributed by atoms with Crippen molar-refractivity contribution in [3.05, 3.63) is 42.1 Å². The third-order valence-electron chi connectivity index (χ3n) is 5.14. The molecule has 1 aliphatic rings. The van der Waals surface area contributed by atoms with Crippen molar-refractivity contribution in [2.24, 2.45) is 5.92 Å². The van der Waals surface area contributed by atoms with E-state index in [1.54, 1.807) is 16.9 Å². The molecule has 1 N–H and O–H groups in total. The summed E-state index contributed by atoms with van der Waals surface area (Å²) in [4.78, 5) is 17.3. The van der Waals surface area contributed by atoms with E-state index in [0.29, 0.717) is 19.2 Å². The van der Waals surface area contributed by atoms with Crippen LogP contribution in [0.25, 0.3) is 5.82 Å². The molecule has 1 fully saturated rings. The van der Waals surface area contributed by atoms with Crippen molar-refractivity contribution < 1.29 is 27.5 Å². The minimum absolute atomic E-state index is 0.0672. The molecular weight excluding hydrogens is 380 g/mol. The number of aromatic nitrogens is 3. The fourth-order valence-corrected chi connectivity index (χ4v) is 3.48. The first-order valence-electron chi connectivity index (χ1n) is 8.76. The molecule has 152 valence electrons. The van der Waals surface area contributed by atoms with Crippen LogP contribution >= 0.6 is 0 Å². The molecule has 1 unspecified atom stereocenters. The number of likely N-dealkylation sites (tertiary alicyclic amines) is 1. The van der Waals surface area contributed by atoms with Crippen LogP contribution in [0.1, 0.15) is 31.9 Å². The van der Waals surface area contributed by atoms with E-state index in [0.717, 1.165) is 16.8 Å². The van der Waals surface area contributed by atoms with Crippen LogP contribution in [0.4, 0.5) is 17.6 Å². The number of aliphatic hydroxyl groups is 1. The van der Waals surface area contributed by atoms with Gasteiger partial charge in [-0.05, 0) is 37.5 Å². The molecular formula is C18H20F4N4O2. The Kier molecular flexibility index (Phi) is 5.18. The molecule has 6 nitrogen and oxygen atoms in total. The van der Waals surface area contributed by atoms with Gasteiger partial charge >= 0.3 is 6.18 Å². The monoisotopic (exact) mass is 400 g/mol. The minimum atomic E-state index is -5.04. The van der Waals surface area contributed by atoms with E-state index < -0.39 is 23.5 Å². The number of piperidine rings is 1. The maximum Gasteiger partial charge on any atom is 0.426 e. The first kappa shape index (κ1) is 20.2. The van der Waals surface area contributed by atoms with Crippen molar-refractivity contribution in [1.82, 2.24) is 19.7 Å². The van der Waals surface area contributed by atoms with Crippen LogP contribution in [0.15, 0.2) is 30.6 Å². The van der Waals surface area contributed by atoms with Crippen LogP contribution in [-0.2, 0) is 4.79 Å². The highest BCUT2D eigenvalue weighted by Crippen LogP contribution is 2.37. The molecule has 1 amide bonds. The van der Waals surface area contributed by atoms with E-state index >= 15 is 0 Å². The van der Waals surface area contributed by atoms with Gasteiger partial charge in [0.1, 0.15) is 5.82 Å². The third-order valence-corrected chi connectivity index (χ3v) is 5.14. The lowest BCUT2D eigenvalue weighted by atomic mass is 9.83. The summed E-state index contributed by atoms with van der Waals surface area (Å²) < 4.78 is 53.6. The fraction of sp³-hybridized carbons (Fsp3) is 0.500. The van der Waals surface area contributed by atoms with Gasteiger partial charge < -0.3 is 10.0 Å². The molecule has 1 aliphatic heterocycles. The second-order valence-electron chi connectivity index (χ2n) is 7.20. The lowest BCUT2D eigenvalue weighted by Gasteiger charge is -2.40. The Labute approximate surface area is 158 Å². The van der Waals surface area contributed by atoms with Gasteiger partial charge in [0, 0.05) is 30.9 Å². The Morgan fingerprint density at radius 3 is 2.57 bits per heavy atom. The van der Waals surface area contributed by atoms with Crippen molar-refractivity contribution in [2.45, 2.75) is 38.0 Å². The summed E-state index contributed by atoms with van der Waals surface area (Å²) in [5.74, 6) is -1.67. The second kappa shape index (κ2) is 7.16. The van der Waals surface area contributed by atoms with Crippen molar-refractivity contribution in [3.63, 3.8) is 0 Å². The predicted octanol–water partition coefficient (Wildman–Crippen LogP) is 2.67. The van der Waals surface area contributed by atoms with Crippen molar-refractivity contribution >= 4 is 5.91 Å². The van der Waals surface area contributed by atoms with Gasteiger partial charge in [0.25, 0.3) is 5.91 Å². The van der Waals surface area contributed by atoms with Crippen molar-refractivity contribution in [1.29, 1.82) is 0 Å². The van der Waals surface area contributed by atoms with Gasteiger partial charge in [-0.1, -0.05) is 6.92 Å². The summed E-state index contributed by atoms with van der Waals surface area (Å²) in [5.41, 5.74) is -2.64. The van der Waals surface area contributed by atoms with E-state index in [1.807, 2.05) is 6.92 Å². The summed E-state index contributed by atoms with van der Waals surface area (Å²) in [5, 5.41) is 13.9. The normalized spacial score (nSPS) is 22.8. The van der Waals surface area contributed by atoms with E-state index in [2.05, 4.69) is 10.1 Å². The van der Waals surface area contributed by atoms with Gasteiger partial charge in [0.05, 0.1) is 6.20 Å². The summed E-state index contributed by atoms with van der Waals surface area (Å²) in [6, 6.07) is 4.52. The van der Waals surface area contributed by atoms with Crippen LogP contribution < -0.4 is 0 Å². The smallest absolute Gasteiger partial charge is 0.373 e. The van der Waals surface area contributed by atoms with Crippen molar-refractivity contribution in [3.8, 4) is 5.82 Å². The van der Waals surface area contributed by atoms with E-state index in [-0.39, 0.29) is 24.9 Å². The molecule has 3 heterocycles. The Morgan fingerprint density at radius 1 is 1.29 bits per heavy atom. The lowest BCUT2D eigenvalue weighted by molar-refractivity contribution is -0.250. The highest BCUT2D eigenvalue weighted by atomic mass is 19.4. The number of rotatable bonds is 3. The zero-order valence-corrected chi connectivity index (χ0v) is 15.3. The largest absolute Gasteiger partial charge is 0.426 e.